The lowest BCUT2D eigenvalue weighted by molar-refractivity contribution is -0.136. The predicted molar refractivity (Wildman–Crippen MR) is 106 cm³/mol. The Morgan fingerprint density at radius 2 is 1.97 bits per heavy atom. The van der Waals surface area contributed by atoms with Gasteiger partial charge in [-0.3, -0.25) is 4.79 Å². The summed E-state index contributed by atoms with van der Waals surface area (Å²) in [4.78, 5) is 11.4. The second-order valence-corrected chi connectivity index (χ2v) is 9.28. The highest BCUT2D eigenvalue weighted by molar-refractivity contribution is 7.91. The molecule has 4 rings (SSSR count). The Labute approximate surface area is 167 Å². The van der Waals surface area contributed by atoms with E-state index in [0.29, 0.717) is 12.8 Å². The number of hydrogen-bond donors (Lipinski definition) is 2. The molecule has 3 aromatic rings. The van der Waals surface area contributed by atoms with E-state index >= 15 is 0 Å². The Hall–Kier alpha value is -2.71. The van der Waals surface area contributed by atoms with Gasteiger partial charge in [-0.2, -0.15) is 0 Å². The fourth-order valence-electron chi connectivity index (χ4n) is 4.04. The number of aromatic nitrogens is 1. The highest BCUT2D eigenvalue weighted by Gasteiger charge is 2.27. The zero-order valence-electron chi connectivity index (χ0n) is 15.6. The summed E-state index contributed by atoms with van der Waals surface area (Å²) in [5.41, 5.74) is 3.81. The van der Waals surface area contributed by atoms with Crippen LogP contribution in [0.4, 0.5) is 4.39 Å². The summed E-state index contributed by atoms with van der Waals surface area (Å²) in [6, 6.07) is 10.5. The van der Waals surface area contributed by atoms with Gasteiger partial charge >= 0.3 is 5.97 Å². The van der Waals surface area contributed by atoms with E-state index in [9.17, 15) is 22.7 Å². The summed E-state index contributed by atoms with van der Waals surface area (Å²) in [7, 11) is -3.57. The number of carbonyl (C=O) groups is 1. The normalized spacial score (nSPS) is 16.7. The zero-order valence-corrected chi connectivity index (χ0v) is 16.5. The van der Waals surface area contributed by atoms with Crippen molar-refractivity contribution in [2.45, 2.75) is 36.6 Å². The van der Waals surface area contributed by atoms with Crippen LogP contribution in [0.5, 0.6) is 0 Å². The number of sulfone groups is 1. The van der Waals surface area contributed by atoms with Gasteiger partial charge in [-0.15, -0.1) is 0 Å². The van der Waals surface area contributed by atoms with Crippen molar-refractivity contribution in [1.29, 1.82) is 0 Å². The van der Waals surface area contributed by atoms with Crippen LogP contribution in [0, 0.1) is 5.82 Å². The van der Waals surface area contributed by atoms with E-state index in [2.05, 4.69) is 5.32 Å². The first-order chi connectivity index (χ1) is 13.8. The Kier molecular flexibility index (Phi) is 5.14. The van der Waals surface area contributed by atoms with Crippen molar-refractivity contribution in [3.05, 3.63) is 71.3 Å². The lowest BCUT2D eigenvalue weighted by Gasteiger charge is -2.24. The minimum Gasteiger partial charge on any atom is -0.481 e. The first-order valence-corrected chi connectivity index (χ1v) is 11.0. The van der Waals surface area contributed by atoms with Crippen LogP contribution in [0.2, 0.25) is 0 Å². The van der Waals surface area contributed by atoms with Gasteiger partial charge < -0.3 is 14.8 Å². The molecule has 0 spiro atoms. The number of nitrogens with zero attached hydrogens (tertiary/aromatic N) is 1. The van der Waals surface area contributed by atoms with E-state index in [0.717, 1.165) is 40.9 Å². The van der Waals surface area contributed by atoms with Crippen molar-refractivity contribution >= 4 is 21.3 Å². The van der Waals surface area contributed by atoms with Gasteiger partial charge in [0.05, 0.1) is 11.3 Å². The summed E-state index contributed by atoms with van der Waals surface area (Å²) in [5, 5.41) is 12.4. The molecule has 1 atom stereocenters. The van der Waals surface area contributed by atoms with Crippen LogP contribution in [-0.4, -0.2) is 35.8 Å². The molecule has 8 heteroatoms. The molecule has 0 bridgehead atoms. The molecule has 0 fully saturated rings. The number of rotatable bonds is 6. The highest BCUT2D eigenvalue weighted by Crippen LogP contribution is 2.31. The first-order valence-electron chi connectivity index (χ1n) is 9.38. The van der Waals surface area contributed by atoms with Crippen molar-refractivity contribution in [1.82, 2.24) is 9.72 Å². The van der Waals surface area contributed by atoms with Gasteiger partial charge in [0.25, 0.3) is 0 Å². The van der Waals surface area contributed by atoms with E-state index in [1.54, 1.807) is 0 Å². The van der Waals surface area contributed by atoms with E-state index in [1.807, 2.05) is 28.8 Å². The molecule has 0 amide bonds. The van der Waals surface area contributed by atoms with Gasteiger partial charge in [0.2, 0.25) is 0 Å². The summed E-state index contributed by atoms with van der Waals surface area (Å²) in [5.74, 6) is -1.58. The summed E-state index contributed by atoms with van der Waals surface area (Å²) in [6.45, 7) is 0. The van der Waals surface area contributed by atoms with Crippen molar-refractivity contribution in [3.63, 3.8) is 0 Å². The van der Waals surface area contributed by atoms with Crippen molar-refractivity contribution in [3.8, 4) is 0 Å². The Balaban J connectivity index is 1.55. The molecule has 2 N–H and O–H groups in total. The van der Waals surface area contributed by atoms with Gasteiger partial charge in [0.1, 0.15) is 11.7 Å². The molecule has 1 aromatic carbocycles. The maximum Gasteiger partial charge on any atom is 0.307 e. The summed E-state index contributed by atoms with van der Waals surface area (Å²) >= 11 is 0. The van der Waals surface area contributed by atoms with Crippen LogP contribution in [0.25, 0.3) is 5.52 Å². The number of nitrogens with one attached hydrogen (secondary N) is 1. The first kappa shape index (κ1) is 19.6. The summed E-state index contributed by atoms with van der Waals surface area (Å²) in [6.07, 6.45) is 3.90. The van der Waals surface area contributed by atoms with Gasteiger partial charge in [-0.1, -0.05) is 6.07 Å². The lowest BCUT2D eigenvalue weighted by Crippen LogP contribution is -2.38. The third-order valence-electron chi connectivity index (χ3n) is 5.42. The zero-order chi connectivity index (χ0) is 20.6. The number of halogens is 1. The monoisotopic (exact) mass is 416 g/mol. The number of fused-ring (bicyclic) bond motifs is 3. The quantitative estimate of drug-likeness (QED) is 0.603. The van der Waals surface area contributed by atoms with Crippen molar-refractivity contribution in [2.24, 2.45) is 0 Å². The number of hydrogen-bond acceptors (Lipinski definition) is 4. The predicted octanol–water partition coefficient (Wildman–Crippen LogP) is 2.58. The van der Waals surface area contributed by atoms with Crippen molar-refractivity contribution in [2.75, 3.05) is 5.88 Å². The Morgan fingerprint density at radius 3 is 2.69 bits per heavy atom. The second-order valence-electron chi connectivity index (χ2n) is 7.29. The topological polar surface area (TPSA) is 87.9 Å². The van der Waals surface area contributed by atoms with E-state index < -0.39 is 21.6 Å². The molecule has 0 saturated carbocycles. The fourth-order valence-corrected chi connectivity index (χ4v) is 5.22. The molecular weight excluding hydrogens is 395 g/mol. The number of aliphatic carboxylic acids is 1. The van der Waals surface area contributed by atoms with Gasteiger partial charge in [0, 0.05) is 29.9 Å². The molecule has 1 aliphatic carbocycles. The molecule has 2 aromatic heterocycles. The average molecular weight is 416 g/mol. The minimum atomic E-state index is -3.57. The molecule has 1 aliphatic rings. The van der Waals surface area contributed by atoms with Crippen LogP contribution >= 0.6 is 0 Å². The molecular formula is C21H21FN2O4S. The van der Waals surface area contributed by atoms with Gasteiger partial charge in [-0.25, -0.2) is 12.8 Å². The van der Waals surface area contributed by atoms with E-state index in [1.165, 1.54) is 12.1 Å². The molecule has 152 valence electrons. The molecule has 0 radical (unpaired) electrons. The van der Waals surface area contributed by atoms with E-state index in [4.69, 9.17) is 0 Å². The number of pyridine rings is 1. The summed E-state index contributed by atoms with van der Waals surface area (Å²) < 4.78 is 40.1. The smallest absolute Gasteiger partial charge is 0.307 e. The third-order valence-corrected chi connectivity index (χ3v) is 6.95. The molecule has 0 aliphatic heterocycles. The maximum absolute atomic E-state index is 13.1. The minimum absolute atomic E-state index is 0.0279. The van der Waals surface area contributed by atoms with Crippen LogP contribution in [0.15, 0.2) is 53.6 Å². The van der Waals surface area contributed by atoms with Crippen molar-refractivity contribution < 1.29 is 22.7 Å². The molecule has 0 saturated heterocycles. The maximum atomic E-state index is 13.1. The number of carboxylic acids is 1. The Morgan fingerprint density at radius 1 is 1.21 bits per heavy atom. The van der Waals surface area contributed by atoms with Crippen LogP contribution in [-0.2, 0) is 33.9 Å². The van der Waals surface area contributed by atoms with Gasteiger partial charge in [-0.05, 0) is 60.4 Å². The molecule has 1 unspecified atom stereocenters. The standard InChI is InChI=1S/C21H21FN2O4S/c22-14-4-7-16(8-5-14)29(27,28)13-23-15-6-9-17-18(12-21(25)26)19-3-1-2-10-24(19)20(17)11-15/h1-5,7-8,10,15,23H,6,9,11-13H2,(H,25,26). The van der Waals surface area contributed by atoms with E-state index in [-0.39, 0.29) is 23.2 Å². The fraction of sp³-hybridized carbons (Fsp3) is 0.286. The average Bonchev–Trinajstić information content (AvgIpc) is 3.00. The molecule has 6 nitrogen and oxygen atoms in total. The SMILES string of the molecule is O=C(O)Cc1c2c(n3ccccc13)CC(NCS(=O)(=O)c1ccc(F)cc1)CC2. The largest absolute Gasteiger partial charge is 0.481 e. The third kappa shape index (κ3) is 3.90. The number of benzene rings is 1. The molecule has 2 heterocycles. The second kappa shape index (κ2) is 7.61. The van der Waals surface area contributed by atoms with Crippen LogP contribution in [0.3, 0.4) is 0 Å². The molecule has 29 heavy (non-hydrogen) atoms. The number of carboxylic acid groups (broad SMARTS) is 1. The van der Waals surface area contributed by atoms with Crippen LogP contribution in [0.1, 0.15) is 23.2 Å². The highest BCUT2D eigenvalue weighted by atomic mass is 32.2. The lowest BCUT2D eigenvalue weighted by atomic mass is 9.90. The Bertz CT molecular complexity index is 1170. The van der Waals surface area contributed by atoms with Gasteiger partial charge in [0.15, 0.2) is 9.84 Å². The van der Waals surface area contributed by atoms with Crippen LogP contribution < -0.4 is 5.32 Å².